The molecule has 3 rings (SSSR count). The summed E-state index contributed by atoms with van der Waals surface area (Å²) in [5.74, 6) is 1.65. The minimum Gasteiger partial charge on any atom is -0.355 e. The first-order valence-corrected chi connectivity index (χ1v) is 6.79. The molecule has 6 nitrogen and oxygen atoms in total. The van der Waals surface area contributed by atoms with Crippen molar-refractivity contribution >= 4 is 22.8 Å². The van der Waals surface area contributed by atoms with Crippen molar-refractivity contribution in [3.05, 3.63) is 6.20 Å². The molecule has 1 fully saturated rings. The standard InChI is InChI=1S/C13H20N6/c1-4-14-12-16-10-9(7-15-18-10)11(17-12)19-6-5-13(2,3)8-19/h7H,4-6,8H2,1-3H3,(H2,14,15,16,17,18). The van der Waals surface area contributed by atoms with Crippen LogP contribution in [0, 0.1) is 5.41 Å². The van der Waals surface area contributed by atoms with E-state index in [1.165, 1.54) is 6.42 Å². The van der Waals surface area contributed by atoms with Crippen LogP contribution in [0.4, 0.5) is 11.8 Å². The zero-order valence-electron chi connectivity index (χ0n) is 11.7. The molecule has 0 radical (unpaired) electrons. The lowest BCUT2D eigenvalue weighted by atomic mass is 9.93. The Hall–Kier alpha value is -1.85. The van der Waals surface area contributed by atoms with Gasteiger partial charge in [0.05, 0.1) is 11.6 Å². The molecule has 0 aromatic carbocycles. The van der Waals surface area contributed by atoms with Crippen LogP contribution >= 0.6 is 0 Å². The number of rotatable bonds is 3. The van der Waals surface area contributed by atoms with Gasteiger partial charge in [-0.25, -0.2) is 0 Å². The molecule has 2 aromatic heterocycles. The van der Waals surface area contributed by atoms with Crippen molar-refractivity contribution in [2.45, 2.75) is 27.2 Å². The monoisotopic (exact) mass is 260 g/mol. The number of hydrogen-bond acceptors (Lipinski definition) is 5. The predicted octanol–water partition coefficient (Wildman–Crippen LogP) is 2.02. The molecule has 1 saturated heterocycles. The van der Waals surface area contributed by atoms with Crippen molar-refractivity contribution in [2.75, 3.05) is 29.9 Å². The van der Waals surface area contributed by atoms with Crippen molar-refractivity contribution in [3.63, 3.8) is 0 Å². The number of aromatic nitrogens is 4. The second-order valence-electron chi connectivity index (χ2n) is 5.87. The third-order valence-corrected chi connectivity index (χ3v) is 3.60. The molecule has 3 heterocycles. The molecule has 0 aliphatic carbocycles. The lowest BCUT2D eigenvalue weighted by Crippen LogP contribution is -2.24. The summed E-state index contributed by atoms with van der Waals surface area (Å²) in [6.07, 6.45) is 3.00. The van der Waals surface area contributed by atoms with Gasteiger partial charge in [0.25, 0.3) is 0 Å². The van der Waals surface area contributed by atoms with Crippen LogP contribution in [0.5, 0.6) is 0 Å². The van der Waals surface area contributed by atoms with Crippen LogP contribution < -0.4 is 10.2 Å². The van der Waals surface area contributed by atoms with Crippen LogP contribution in [0.1, 0.15) is 27.2 Å². The molecule has 0 spiro atoms. The van der Waals surface area contributed by atoms with Crippen molar-refractivity contribution in [1.82, 2.24) is 20.2 Å². The van der Waals surface area contributed by atoms with E-state index in [2.05, 4.69) is 44.2 Å². The molecule has 0 saturated carbocycles. The summed E-state index contributed by atoms with van der Waals surface area (Å²) in [7, 11) is 0. The molecule has 1 aliphatic rings. The van der Waals surface area contributed by atoms with Gasteiger partial charge < -0.3 is 10.2 Å². The second kappa shape index (κ2) is 4.36. The molecule has 0 bridgehead atoms. The van der Waals surface area contributed by atoms with Gasteiger partial charge >= 0.3 is 0 Å². The lowest BCUT2D eigenvalue weighted by Gasteiger charge is -2.21. The Bertz CT molecular complexity index is 588. The first kappa shape index (κ1) is 12.2. The van der Waals surface area contributed by atoms with Crippen molar-refractivity contribution in [2.24, 2.45) is 5.41 Å². The highest BCUT2D eigenvalue weighted by molar-refractivity contribution is 5.87. The first-order chi connectivity index (χ1) is 9.09. The summed E-state index contributed by atoms with van der Waals surface area (Å²) in [4.78, 5) is 11.4. The first-order valence-electron chi connectivity index (χ1n) is 6.79. The van der Waals surface area contributed by atoms with Crippen LogP contribution in [0.2, 0.25) is 0 Å². The zero-order chi connectivity index (χ0) is 13.5. The molecule has 6 heteroatoms. The highest BCUT2D eigenvalue weighted by atomic mass is 15.3. The number of nitrogens with zero attached hydrogens (tertiary/aromatic N) is 4. The average molecular weight is 260 g/mol. The number of nitrogens with one attached hydrogen (secondary N) is 2. The molecule has 19 heavy (non-hydrogen) atoms. The summed E-state index contributed by atoms with van der Waals surface area (Å²) in [6, 6.07) is 0. The van der Waals surface area contributed by atoms with E-state index in [0.29, 0.717) is 11.4 Å². The highest BCUT2D eigenvalue weighted by Gasteiger charge is 2.31. The van der Waals surface area contributed by atoms with Gasteiger partial charge in [0.2, 0.25) is 5.95 Å². The van der Waals surface area contributed by atoms with E-state index in [1.807, 2.05) is 13.1 Å². The Labute approximate surface area is 112 Å². The third-order valence-electron chi connectivity index (χ3n) is 3.60. The van der Waals surface area contributed by atoms with Gasteiger partial charge in [-0.3, -0.25) is 5.10 Å². The third kappa shape index (κ3) is 2.22. The Morgan fingerprint density at radius 3 is 2.95 bits per heavy atom. The maximum Gasteiger partial charge on any atom is 0.226 e. The van der Waals surface area contributed by atoms with Crippen LogP contribution in [-0.4, -0.2) is 39.8 Å². The summed E-state index contributed by atoms with van der Waals surface area (Å²) in [6.45, 7) is 9.51. The normalized spacial score (nSPS) is 18.2. The summed E-state index contributed by atoms with van der Waals surface area (Å²) in [5, 5.41) is 11.2. The van der Waals surface area contributed by atoms with Crippen LogP contribution in [0.3, 0.4) is 0 Å². The smallest absolute Gasteiger partial charge is 0.226 e. The summed E-state index contributed by atoms with van der Waals surface area (Å²) in [5.41, 5.74) is 1.14. The van der Waals surface area contributed by atoms with Gasteiger partial charge in [0.15, 0.2) is 5.65 Å². The molecular formula is C13H20N6. The fourth-order valence-electron chi connectivity index (χ4n) is 2.59. The lowest BCUT2D eigenvalue weighted by molar-refractivity contribution is 0.418. The van der Waals surface area contributed by atoms with Crippen LogP contribution in [0.25, 0.3) is 11.0 Å². The fraction of sp³-hybridized carbons (Fsp3) is 0.615. The molecule has 0 unspecified atom stereocenters. The Balaban J connectivity index is 2.03. The molecule has 2 aromatic rings. The van der Waals surface area contributed by atoms with Gasteiger partial charge in [0.1, 0.15) is 5.82 Å². The molecule has 0 amide bonds. The molecule has 1 aliphatic heterocycles. The Morgan fingerprint density at radius 1 is 1.42 bits per heavy atom. The van der Waals surface area contributed by atoms with Gasteiger partial charge in [-0.15, -0.1) is 0 Å². The fourth-order valence-corrected chi connectivity index (χ4v) is 2.59. The number of anilines is 2. The van der Waals surface area contributed by atoms with Gasteiger partial charge in [-0.2, -0.15) is 15.1 Å². The number of H-pyrrole nitrogens is 1. The van der Waals surface area contributed by atoms with Gasteiger partial charge in [-0.05, 0) is 18.8 Å². The molecular weight excluding hydrogens is 240 g/mol. The zero-order valence-corrected chi connectivity index (χ0v) is 11.7. The Kier molecular flexibility index (Phi) is 2.80. The molecule has 0 atom stereocenters. The highest BCUT2D eigenvalue weighted by Crippen LogP contribution is 2.34. The van der Waals surface area contributed by atoms with Crippen molar-refractivity contribution < 1.29 is 0 Å². The molecule has 102 valence electrons. The quantitative estimate of drug-likeness (QED) is 0.883. The minimum atomic E-state index is 0.347. The summed E-state index contributed by atoms with van der Waals surface area (Å²) >= 11 is 0. The van der Waals surface area contributed by atoms with E-state index in [0.717, 1.165) is 36.5 Å². The van der Waals surface area contributed by atoms with E-state index >= 15 is 0 Å². The number of fused-ring (bicyclic) bond motifs is 1. The van der Waals surface area contributed by atoms with E-state index in [4.69, 9.17) is 0 Å². The van der Waals surface area contributed by atoms with E-state index < -0.39 is 0 Å². The van der Waals surface area contributed by atoms with Crippen LogP contribution in [-0.2, 0) is 0 Å². The molecule has 2 N–H and O–H groups in total. The van der Waals surface area contributed by atoms with Crippen molar-refractivity contribution in [1.29, 1.82) is 0 Å². The minimum absolute atomic E-state index is 0.347. The second-order valence-corrected chi connectivity index (χ2v) is 5.87. The Morgan fingerprint density at radius 2 is 2.26 bits per heavy atom. The van der Waals surface area contributed by atoms with E-state index in [-0.39, 0.29) is 0 Å². The van der Waals surface area contributed by atoms with Crippen molar-refractivity contribution in [3.8, 4) is 0 Å². The maximum absolute atomic E-state index is 4.65. The van der Waals surface area contributed by atoms with Crippen LogP contribution in [0.15, 0.2) is 6.20 Å². The predicted molar refractivity (Wildman–Crippen MR) is 76.5 cm³/mol. The van der Waals surface area contributed by atoms with Gasteiger partial charge in [-0.1, -0.05) is 13.8 Å². The van der Waals surface area contributed by atoms with E-state index in [1.54, 1.807) is 0 Å². The number of hydrogen-bond donors (Lipinski definition) is 2. The van der Waals surface area contributed by atoms with Gasteiger partial charge in [0, 0.05) is 19.6 Å². The SMILES string of the molecule is CCNc1nc(N2CCC(C)(C)C2)c2cn[nH]c2n1. The number of aromatic amines is 1. The summed E-state index contributed by atoms with van der Waals surface area (Å²) < 4.78 is 0. The average Bonchev–Trinajstić information content (AvgIpc) is 2.94. The van der Waals surface area contributed by atoms with E-state index in [9.17, 15) is 0 Å². The maximum atomic E-state index is 4.65. The largest absolute Gasteiger partial charge is 0.355 e. The topological polar surface area (TPSA) is 69.7 Å².